The summed E-state index contributed by atoms with van der Waals surface area (Å²) in [4.78, 5) is 12.8. The highest BCUT2D eigenvalue weighted by Gasteiger charge is 2.07. The van der Waals surface area contributed by atoms with Gasteiger partial charge in [-0.2, -0.15) is 0 Å². The van der Waals surface area contributed by atoms with Gasteiger partial charge in [0, 0.05) is 11.6 Å². The van der Waals surface area contributed by atoms with E-state index in [2.05, 4.69) is 11.8 Å². The molecule has 1 amide bonds. The van der Waals surface area contributed by atoms with Crippen LogP contribution in [0.5, 0.6) is 0 Å². The second-order valence-electron chi connectivity index (χ2n) is 3.15. The summed E-state index contributed by atoms with van der Waals surface area (Å²) in [5.41, 5.74) is 5.75. The van der Waals surface area contributed by atoms with Crippen molar-refractivity contribution < 1.29 is 4.79 Å². The summed E-state index contributed by atoms with van der Waals surface area (Å²) in [6.07, 6.45) is 2.89. The van der Waals surface area contributed by atoms with Gasteiger partial charge in [0.05, 0.1) is 0 Å². The number of rotatable bonds is 4. The van der Waals surface area contributed by atoms with Crippen LogP contribution in [0.1, 0.15) is 20.3 Å². The fraction of sp³-hybridized carbons (Fsp3) is 0.667. The number of amides is 1. The minimum Gasteiger partial charge on any atom is -0.366 e. The Kier molecular flexibility index (Phi) is 8.26. The van der Waals surface area contributed by atoms with E-state index < -0.39 is 0 Å². The lowest BCUT2D eigenvalue weighted by Crippen LogP contribution is -2.26. The number of hydrogen-bond donors (Lipinski definition) is 1. The lowest BCUT2D eigenvalue weighted by Gasteiger charge is -2.19. The molecule has 0 saturated heterocycles. The highest BCUT2D eigenvalue weighted by Crippen LogP contribution is 2.04. The molecule has 0 aromatic rings. The largest absolute Gasteiger partial charge is 0.366 e. The molecule has 0 aliphatic rings. The standard InChI is InChI=1S/C9H18N2O.BrH/c1-5-8(11(3)4)6-7(2)9(10)12;/h6,8H,5H2,1-4H3,(H2,10,12);1H. The number of carbonyl (C=O) groups excluding carboxylic acids is 1. The van der Waals surface area contributed by atoms with Gasteiger partial charge < -0.3 is 10.6 Å². The summed E-state index contributed by atoms with van der Waals surface area (Å²) >= 11 is 0. The van der Waals surface area contributed by atoms with Crippen LogP contribution in [0.25, 0.3) is 0 Å². The van der Waals surface area contributed by atoms with Crippen molar-refractivity contribution in [2.75, 3.05) is 14.1 Å². The van der Waals surface area contributed by atoms with E-state index in [1.54, 1.807) is 6.92 Å². The Hall–Kier alpha value is -0.350. The van der Waals surface area contributed by atoms with E-state index in [0.717, 1.165) is 6.42 Å². The predicted molar refractivity (Wildman–Crippen MR) is 61.0 cm³/mol. The Balaban J connectivity index is 0. The molecule has 13 heavy (non-hydrogen) atoms. The monoisotopic (exact) mass is 250 g/mol. The Morgan fingerprint density at radius 2 is 2.00 bits per heavy atom. The van der Waals surface area contributed by atoms with Crippen LogP contribution in [0.15, 0.2) is 11.6 Å². The third-order valence-corrected chi connectivity index (χ3v) is 1.91. The molecule has 0 heterocycles. The number of nitrogens with two attached hydrogens (primary N) is 1. The first kappa shape index (κ1) is 15.1. The van der Waals surface area contributed by atoms with Gasteiger partial charge in [0.2, 0.25) is 5.91 Å². The van der Waals surface area contributed by atoms with Crippen molar-refractivity contribution >= 4 is 22.9 Å². The number of hydrogen-bond acceptors (Lipinski definition) is 2. The number of carbonyl (C=O) groups is 1. The molecule has 1 unspecified atom stereocenters. The van der Waals surface area contributed by atoms with Crippen molar-refractivity contribution in [3.63, 3.8) is 0 Å². The maximum absolute atomic E-state index is 10.7. The fourth-order valence-corrected chi connectivity index (χ4v) is 1.00. The molecule has 0 aliphatic carbocycles. The molecule has 0 rings (SSSR count). The second-order valence-corrected chi connectivity index (χ2v) is 3.15. The van der Waals surface area contributed by atoms with Crippen LogP contribution in [0.2, 0.25) is 0 Å². The van der Waals surface area contributed by atoms with Crippen LogP contribution < -0.4 is 5.73 Å². The van der Waals surface area contributed by atoms with Crippen molar-refractivity contribution in [1.29, 1.82) is 0 Å². The molecular formula is C9H19BrN2O. The summed E-state index contributed by atoms with van der Waals surface area (Å²) in [7, 11) is 3.97. The first-order valence-corrected chi connectivity index (χ1v) is 4.13. The molecule has 3 nitrogen and oxygen atoms in total. The molecule has 0 bridgehead atoms. The lowest BCUT2D eigenvalue weighted by atomic mass is 10.1. The van der Waals surface area contributed by atoms with Crippen LogP contribution in [-0.4, -0.2) is 30.9 Å². The highest BCUT2D eigenvalue weighted by atomic mass is 79.9. The van der Waals surface area contributed by atoms with E-state index in [0.29, 0.717) is 11.6 Å². The van der Waals surface area contributed by atoms with Crippen molar-refractivity contribution in [3.05, 3.63) is 11.6 Å². The Labute approximate surface area is 90.7 Å². The second kappa shape index (κ2) is 7.09. The minimum absolute atomic E-state index is 0. The minimum atomic E-state index is -0.338. The van der Waals surface area contributed by atoms with E-state index >= 15 is 0 Å². The average Bonchev–Trinajstić information content (AvgIpc) is 1.98. The van der Waals surface area contributed by atoms with Gasteiger partial charge in [-0.25, -0.2) is 0 Å². The molecule has 0 aromatic carbocycles. The van der Waals surface area contributed by atoms with E-state index in [1.807, 2.05) is 20.2 Å². The van der Waals surface area contributed by atoms with Crippen molar-refractivity contribution in [2.45, 2.75) is 26.3 Å². The third-order valence-electron chi connectivity index (χ3n) is 1.91. The topological polar surface area (TPSA) is 46.3 Å². The van der Waals surface area contributed by atoms with Gasteiger partial charge >= 0.3 is 0 Å². The van der Waals surface area contributed by atoms with Gasteiger partial charge in [0.15, 0.2) is 0 Å². The molecule has 0 radical (unpaired) electrons. The quantitative estimate of drug-likeness (QED) is 0.766. The molecular weight excluding hydrogens is 232 g/mol. The van der Waals surface area contributed by atoms with E-state index in [4.69, 9.17) is 5.73 Å². The number of nitrogens with zero attached hydrogens (tertiary/aromatic N) is 1. The zero-order valence-electron chi connectivity index (χ0n) is 8.70. The molecule has 0 spiro atoms. The number of likely N-dealkylation sites (N-methyl/N-ethyl adjacent to an activating group) is 1. The Morgan fingerprint density at radius 1 is 1.54 bits per heavy atom. The summed E-state index contributed by atoms with van der Waals surface area (Å²) in [6, 6.07) is 0.303. The number of halogens is 1. The van der Waals surface area contributed by atoms with Gasteiger partial charge in [-0.05, 0) is 27.4 Å². The Morgan fingerprint density at radius 3 is 2.23 bits per heavy atom. The summed E-state index contributed by atoms with van der Waals surface area (Å²) in [6.45, 7) is 3.82. The van der Waals surface area contributed by atoms with Crippen molar-refractivity contribution in [2.24, 2.45) is 5.73 Å². The normalized spacial score (nSPS) is 13.8. The van der Waals surface area contributed by atoms with Crippen molar-refractivity contribution in [1.82, 2.24) is 4.90 Å². The predicted octanol–water partition coefficient (Wildman–Crippen LogP) is 1.34. The fourth-order valence-electron chi connectivity index (χ4n) is 1.00. The van der Waals surface area contributed by atoms with Gasteiger partial charge in [0.25, 0.3) is 0 Å². The van der Waals surface area contributed by atoms with Crippen LogP contribution in [-0.2, 0) is 4.79 Å². The summed E-state index contributed by atoms with van der Waals surface area (Å²) in [5, 5.41) is 0. The van der Waals surface area contributed by atoms with Crippen LogP contribution in [0.4, 0.5) is 0 Å². The lowest BCUT2D eigenvalue weighted by molar-refractivity contribution is -0.114. The van der Waals surface area contributed by atoms with Crippen LogP contribution in [0.3, 0.4) is 0 Å². The third kappa shape index (κ3) is 5.82. The average molecular weight is 251 g/mol. The van der Waals surface area contributed by atoms with Crippen LogP contribution in [0, 0.1) is 0 Å². The van der Waals surface area contributed by atoms with E-state index in [9.17, 15) is 4.79 Å². The maximum Gasteiger partial charge on any atom is 0.244 e. The smallest absolute Gasteiger partial charge is 0.244 e. The number of primary amides is 1. The molecule has 0 saturated carbocycles. The summed E-state index contributed by atoms with van der Waals surface area (Å²) in [5.74, 6) is -0.338. The van der Waals surface area contributed by atoms with Crippen molar-refractivity contribution in [3.8, 4) is 0 Å². The van der Waals surface area contributed by atoms with E-state index in [-0.39, 0.29) is 22.9 Å². The molecule has 78 valence electrons. The van der Waals surface area contributed by atoms with E-state index in [1.165, 1.54) is 0 Å². The highest BCUT2D eigenvalue weighted by molar-refractivity contribution is 8.93. The summed E-state index contributed by atoms with van der Waals surface area (Å²) < 4.78 is 0. The Bertz CT molecular complexity index is 190. The molecule has 0 aromatic heterocycles. The molecule has 0 aliphatic heterocycles. The molecule has 2 N–H and O–H groups in total. The van der Waals surface area contributed by atoms with Gasteiger partial charge in [0.1, 0.15) is 0 Å². The molecule has 0 fully saturated rings. The SMILES string of the molecule is Br.CCC(C=C(C)C(N)=O)N(C)C. The first-order valence-electron chi connectivity index (χ1n) is 4.13. The maximum atomic E-state index is 10.7. The van der Waals surface area contributed by atoms with Crippen LogP contribution >= 0.6 is 17.0 Å². The van der Waals surface area contributed by atoms with Gasteiger partial charge in [-0.1, -0.05) is 13.0 Å². The zero-order valence-corrected chi connectivity index (χ0v) is 10.4. The molecule has 4 heteroatoms. The van der Waals surface area contributed by atoms with Gasteiger partial charge in [-0.15, -0.1) is 17.0 Å². The molecule has 1 atom stereocenters. The van der Waals surface area contributed by atoms with Gasteiger partial charge in [-0.3, -0.25) is 4.79 Å². The first-order chi connectivity index (χ1) is 5.49. The zero-order chi connectivity index (χ0) is 9.72.